The van der Waals surface area contributed by atoms with Crippen LogP contribution in [0.2, 0.25) is 0 Å². The first kappa shape index (κ1) is 24.1. The first-order valence-electron chi connectivity index (χ1n) is 10.8. The van der Waals surface area contributed by atoms with Gasteiger partial charge in [-0.05, 0) is 42.0 Å². The molecule has 182 valence electrons. The third kappa shape index (κ3) is 4.51. The van der Waals surface area contributed by atoms with Gasteiger partial charge in [0.05, 0.1) is 23.6 Å². The maximum Gasteiger partial charge on any atom is 0.300 e. The van der Waals surface area contributed by atoms with Crippen molar-refractivity contribution >= 4 is 40.4 Å². The van der Waals surface area contributed by atoms with Crippen LogP contribution in [0.3, 0.4) is 0 Å². The Morgan fingerprint density at radius 2 is 1.72 bits per heavy atom. The van der Waals surface area contributed by atoms with Crippen LogP contribution in [0.5, 0.6) is 5.75 Å². The molecule has 0 bridgehead atoms. The summed E-state index contributed by atoms with van der Waals surface area (Å²) in [5.41, 5.74) is 0.902. The van der Waals surface area contributed by atoms with E-state index in [0.29, 0.717) is 22.7 Å². The van der Waals surface area contributed by atoms with E-state index in [2.05, 4.69) is 5.32 Å². The Morgan fingerprint density at radius 3 is 2.31 bits per heavy atom. The molecule has 1 saturated heterocycles. The first-order valence-corrected chi connectivity index (χ1v) is 10.8. The van der Waals surface area contributed by atoms with Crippen LogP contribution >= 0.6 is 0 Å². The average Bonchev–Trinajstić information content (AvgIpc) is 3.14. The van der Waals surface area contributed by atoms with Crippen molar-refractivity contribution in [2.75, 3.05) is 17.3 Å². The molecule has 2 N–H and O–H groups in total. The molecule has 0 radical (unpaired) electrons. The molecule has 1 aliphatic heterocycles. The number of nitrogens with one attached hydrogen (secondary N) is 1. The fraction of sp³-hybridized carbons (Fsp3) is 0.115. The number of carbonyl (C=O) groups is 3. The van der Waals surface area contributed by atoms with Crippen LogP contribution in [-0.4, -0.2) is 34.7 Å². The molecule has 0 aromatic heterocycles. The summed E-state index contributed by atoms with van der Waals surface area (Å²) in [5.74, 6) is -2.07. The topological polar surface area (TPSA) is 139 Å². The predicted octanol–water partition coefficient (Wildman–Crippen LogP) is 4.19. The molecule has 10 nitrogen and oxygen atoms in total. The average molecular weight is 487 g/mol. The van der Waals surface area contributed by atoms with E-state index in [9.17, 15) is 29.6 Å². The zero-order chi connectivity index (χ0) is 26.0. The van der Waals surface area contributed by atoms with Crippen molar-refractivity contribution < 1.29 is 29.2 Å². The standard InChI is InChI=1S/C26H21N3O7/c1-15(30)27-18-8-10-19(11-9-18)28-23(16-6-12-21(36-2)13-7-16)22(25(32)26(28)33)24(31)17-4-3-5-20(14-17)29(34)35/h3-14,23,31H,1-2H3,(H,27,30)/b24-22-. The van der Waals surface area contributed by atoms with Gasteiger partial charge in [0.25, 0.3) is 17.4 Å². The number of non-ortho nitro benzene ring substituents is 1. The van der Waals surface area contributed by atoms with E-state index in [1.807, 2.05) is 0 Å². The van der Waals surface area contributed by atoms with E-state index >= 15 is 0 Å². The van der Waals surface area contributed by atoms with Gasteiger partial charge in [-0.15, -0.1) is 0 Å². The summed E-state index contributed by atoms with van der Waals surface area (Å²) in [6, 6.07) is 17.1. The van der Waals surface area contributed by atoms with Gasteiger partial charge < -0.3 is 15.2 Å². The lowest BCUT2D eigenvalue weighted by atomic mass is 9.95. The molecule has 3 aromatic rings. The number of aliphatic hydroxyl groups excluding tert-OH is 1. The normalized spacial score (nSPS) is 16.6. The van der Waals surface area contributed by atoms with Gasteiger partial charge in [0.15, 0.2) is 0 Å². The van der Waals surface area contributed by atoms with Crippen LogP contribution in [0.15, 0.2) is 78.4 Å². The molecule has 0 aliphatic carbocycles. The summed E-state index contributed by atoms with van der Waals surface area (Å²) in [5, 5.41) is 25.0. The number of amides is 2. The van der Waals surface area contributed by atoms with Gasteiger partial charge in [-0.2, -0.15) is 0 Å². The van der Waals surface area contributed by atoms with Gasteiger partial charge in [-0.1, -0.05) is 24.3 Å². The van der Waals surface area contributed by atoms with Gasteiger partial charge in [0, 0.05) is 36.0 Å². The molecule has 1 aliphatic rings. The highest BCUT2D eigenvalue weighted by molar-refractivity contribution is 6.51. The highest BCUT2D eigenvalue weighted by Crippen LogP contribution is 2.42. The lowest BCUT2D eigenvalue weighted by molar-refractivity contribution is -0.384. The van der Waals surface area contributed by atoms with Crippen LogP contribution in [0.1, 0.15) is 24.1 Å². The number of nitro groups is 1. The van der Waals surface area contributed by atoms with E-state index < -0.39 is 28.4 Å². The Kier molecular flexibility index (Phi) is 6.51. The summed E-state index contributed by atoms with van der Waals surface area (Å²) in [7, 11) is 1.50. The van der Waals surface area contributed by atoms with Crippen LogP contribution in [-0.2, 0) is 14.4 Å². The van der Waals surface area contributed by atoms with Gasteiger partial charge >= 0.3 is 0 Å². The van der Waals surface area contributed by atoms with Gasteiger partial charge in [-0.3, -0.25) is 29.4 Å². The van der Waals surface area contributed by atoms with Gasteiger partial charge in [0.1, 0.15) is 11.5 Å². The molecule has 36 heavy (non-hydrogen) atoms. The number of benzene rings is 3. The number of rotatable bonds is 6. The molecule has 1 atom stereocenters. The number of Topliss-reactive ketones (excluding diaryl/α,β-unsaturated/α-hetero) is 1. The van der Waals surface area contributed by atoms with Crippen molar-refractivity contribution in [3.63, 3.8) is 0 Å². The fourth-order valence-corrected chi connectivity index (χ4v) is 4.03. The number of ketones is 1. The molecule has 4 rings (SSSR count). The molecular weight excluding hydrogens is 466 g/mol. The monoisotopic (exact) mass is 487 g/mol. The maximum absolute atomic E-state index is 13.2. The van der Waals surface area contributed by atoms with E-state index in [4.69, 9.17) is 4.74 Å². The van der Waals surface area contributed by atoms with Gasteiger partial charge in [0.2, 0.25) is 5.91 Å². The summed E-state index contributed by atoms with van der Waals surface area (Å²) in [6.07, 6.45) is 0. The quantitative estimate of drug-likeness (QED) is 0.175. The molecule has 2 amide bonds. The van der Waals surface area contributed by atoms with E-state index in [0.717, 1.165) is 6.07 Å². The number of hydrogen-bond acceptors (Lipinski definition) is 7. The SMILES string of the molecule is COc1ccc(C2/C(=C(/O)c3cccc([N+](=O)[O-])c3)C(=O)C(=O)N2c2ccc(NC(C)=O)cc2)cc1. The fourth-order valence-electron chi connectivity index (χ4n) is 4.03. The number of ether oxygens (including phenoxy) is 1. The van der Waals surface area contributed by atoms with Crippen LogP contribution in [0.25, 0.3) is 5.76 Å². The minimum absolute atomic E-state index is 0.0294. The molecule has 1 unspecified atom stereocenters. The largest absolute Gasteiger partial charge is 0.507 e. The van der Waals surface area contributed by atoms with Gasteiger partial charge in [-0.25, -0.2) is 0 Å². The number of hydrogen-bond donors (Lipinski definition) is 2. The first-order chi connectivity index (χ1) is 17.2. The Hall–Kier alpha value is -4.99. The Labute approximate surface area is 205 Å². The van der Waals surface area contributed by atoms with Crippen molar-refractivity contribution in [2.24, 2.45) is 0 Å². The summed E-state index contributed by atoms with van der Waals surface area (Å²) in [6.45, 7) is 1.37. The highest BCUT2D eigenvalue weighted by atomic mass is 16.6. The number of aliphatic hydroxyl groups is 1. The molecular formula is C26H21N3O7. The van der Waals surface area contributed by atoms with Crippen LogP contribution < -0.4 is 15.0 Å². The number of anilines is 2. The third-order valence-electron chi connectivity index (χ3n) is 5.67. The van der Waals surface area contributed by atoms with Crippen molar-refractivity contribution in [1.82, 2.24) is 0 Å². The second kappa shape index (κ2) is 9.71. The van der Waals surface area contributed by atoms with Crippen LogP contribution in [0.4, 0.5) is 17.1 Å². The predicted molar refractivity (Wildman–Crippen MR) is 132 cm³/mol. The molecule has 0 saturated carbocycles. The molecule has 0 spiro atoms. The smallest absolute Gasteiger partial charge is 0.300 e. The maximum atomic E-state index is 13.2. The van der Waals surface area contributed by atoms with Crippen molar-refractivity contribution in [1.29, 1.82) is 0 Å². The van der Waals surface area contributed by atoms with Crippen molar-refractivity contribution in [2.45, 2.75) is 13.0 Å². The number of methoxy groups -OCH3 is 1. The second-order valence-corrected chi connectivity index (χ2v) is 7.98. The molecule has 3 aromatic carbocycles. The minimum Gasteiger partial charge on any atom is -0.507 e. The Balaban J connectivity index is 1.88. The molecule has 1 heterocycles. The molecule has 1 fully saturated rings. The third-order valence-corrected chi connectivity index (χ3v) is 5.67. The van der Waals surface area contributed by atoms with Crippen molar-refractivity contribution in [3.05, 3.63) is 99.6 Å². The number of nitro benzene ring substituents is 1. The zero-order valence-corrected chi connectivity index (χ0v) is 19.3. The second-order valence-electron chi connectivity index (χ2n) is 7.98. The zero-order valence-electron chi connectivity index (χ0n) is 19.3. The van der Waals surface area contributed by atoms with Crippen molar-refractivity contribution in [3.8, 4) is 5.75 Å². The summed E-state index contributed by atoms with van der Waals surface area (Å²) < 4.78 is 5.20. The minimum atomic E-state index is -1.03. The number of carbonyl (C=O) groups excluding carboxylic acids is 3. The van der Waals surface area contributed by atoms with Crippen LogP contribution in [0, 0.1) is 10.1 Å². The molecule has 10 heteroatoms. The number of nitrogens with zero attached hydrogens (tertiary/aromatic N) is 2. The van der Waals surface area contributed by atoms with E-state index in [1.165, 1.54) is 37.1 Å². The summed E-state index contributed by atoms with van der Waals surface area (Å²) in [4.78, 5) is 49.6. The van der Waals surface area contributed by atoms with E-state index in [-0.39, 0.29) is 22.7 Å². The lowest BCUT2D eigenvalue weighted by Crippen LogP contribution is -2.29. The Morgan fingerprint density at radius 1 is 1.06 bits per heavy atom. The highest BCUT2D eigenvalue weighted by Gasteiger charge is 2.47. The van der Waals surface area contributed by atoms with E-state index in [1.54, 1.807) is 48.5 Å². The lowest BCUT2D eigenvalue weighted by Gasteiger charge is -2.25. The summed E-state index contributed by atoms with van der Waals surface area (Å²) >= 11 is 0. The Bertz CT molecular complexity index is 1400.